The van der Waals surface area contributed by atoms with Crippen LogP contribution in [0.3, 0.4) is 0 Å². The molecule has 28 heavy (non-hydrogen) atoms. The summed E-state index contributed by atoms with van der Waals surface area (Å²) in [5, 5.41) is 0.519. The molecule has 0 bridgehead atoms. The highest BCUT2D eigenvalue weighted by Crippen LogP contribution is 2.38. The Kier molecular flexibility index (Phi) is 6.56. The number of halogens is 1. The van der Waals surface area contributed by atoms with Crippen molar-refractivity contribution in [3.05, 3.63) is 22.5 Å². The van der Waals surface area contributed by atoms with Crippen molar-refractivity contribution in [3.8, 4) is 0 Å². The van der Waals surface area contributed by atoms with Gasteiger partial charge in [0.15, 0.2) is 0 Å². The molecule has 2 atom stereocenters. The second kappa shape index (κ2) is 8.91. The van der Waals surface area contributed by atoms with Crippen LogP contribution in [-0.4, -0.2) is 49.0 Å². The van der Waals surface area contributed by atoms with Gasteiger partial charge in [-0.2, -0.15) is 0 Å². The summed E-state index contributed by atoms with van der Waals surface area (Å²) in [5.41, 5.74) is 0.535. The average Bonchev–Trinajstić information content (AvgIpc) is 3.28. The third kappa shape index (κ3) is 4.00. The van der Waals surface area contributed by atoms with Crippen LogP contribution >= 0.6 is 15.9 Å². The van der Waals surface area contributed by atoms with Gasteiger partial charge in [0.1, 0.15) is 5.69 Å². The number of aromatic nitrogens is 1. The molecule has 0 saturated carbocycles. The van der Waals surface area contributed by atoms with E-state index in [9.17, 15) is 9.59 Å². The number of fused-ring (bicyclic) bond motifs is 1. The van der Waals surface area contributed by atoms with Crippen molar-refractivity contribution < 1.29 is 28.2 Å². The average molecular weight is 455 g/mol. The largest absolute Gasteiger partial charge is 0.460 e. The van der Waals surface area contributed by atoms with Crippen LogP contribution in [0.15, 0.2) is 21.2 Å². The molecule has 2 aromatic rings. The smallest absolute Gasteiger partial charge is 0.414 e. The number of furan rings is 1. The minimum Gasteiger partial charge on any atom is -0.460 e. The molecule has 1 aliphatic rings. The van der Waals surface area contributed by atoms with Gasteiger partial charge in [0.2, 0.25) is 11.5 Å². The minimum absolute atomic E-state index is 0.0380. The molecular formula is C19H23BrN2O6. The molecule has 0 unspecified atom stereocenters. The number of nitrogens with zero attached hydrogens (tertiary/aromatic N) is 2. The molecule has 1 aliphatic heterocycles. The SMILES string of the molecule is CCOC(=O)c1oc2ncc(Br)cc2c1N(C(=O)OCC)[C@@H]1CO[C@H](CC)C1. The topological polar surface area (TPSA) is 91.1 Å². The lowest BCUT2D eigenvalue weighted by molar-refractivity contribution is 0.0493. The van der Waals surface area contributed by atoms with Gasteiger partial charge in [-0.05, 0) is 48.7 Å². The van der Waals surface area contributed by atoms with E-state index in [0.29, 0.717) is 28.6 Å². The molecule has 2 aromatic heterocycles. The van der Waals surface area contributed by atoms with E-state index in [0.717, 1.165) is 6.42 Å². The van der Waals surface area contributed by atoms with E-state index in [1.807, 2.05) is 6.92 Å². The van der Waals surface area contributed by atoms with Crippen LogP contribution in [0.1, 0.15) is 44.2 Å². The van der Waals surface area contributed by atoms with Gasteiger partial charge in [-0.3, -0.25) is 4.90 Å². The first kappa shape index (κ1) is 20.6. The van der Waals surface area contributed by atoms with E-state index < -0.39 is 12.1 Å². The first-order chi connectivity index (χ1) is 13.5. The normalized spacial score (nSPS) is 19.0. The van der Waals surface area contributed by atoms with Gasteiger partial charge < -0.3 is 18.6 Å². The van der Waals surface area contributed by atoms with Crippen LogP contribution in [-0.2, 0) is 14.2 Å². The molecule has 3 rings (SSSR count). The minimum atomic E-state index is -0.660. The number of esters is 1. The van der Waals surface area contributed by atoms with Crippen LogP contribution in [0.4, 0.5) is 10.5 Å². The lowest BCUT2D eigenvalue weighted by Gasteiger charge is -2.27. The molecule has 0 spiro atoms. The van der Waals surface area contributed by atoms with Gasteiger partial charge in [0.05, 0.1) is 37.4 Å². The molecule has 0 N–H and O–H groups in total. The fourth-order valence-corrected chi connectivity index (χ4v) is 3.62. The summed E-state index contributed by atoms with van der Waals surface area (Å²) in [6.07, 6.45) is 2.49. The zero-order valence-electron chi connectivity index (χ0n) is 16.1. The highest BCUT2D eigenvalue weighted by molar-refractivity contribution is 9.10. The lowest BCUT2D eigenvalue weighted by Crippen LogP contribution is -2.42. The van der Waals surface area contributed by atoms with Gasteiger partial charge >= 0.3 is 12.1 Å². The molecule has 0 aliphatic carbocycles. The number of carbonyl (C=O) groups is 2. The second-order valence-corrected chi connectivity index (χ2v) is 7.24. The Bertz CT molecular complexity index is 867. The molecule has 152 valence electrons. The molecule has 1 fully saturated rings. The van der Waals surface area contributed by atoms with Crippen LogP contribution in [0.5, 0.6) is 0 Å². The van der Waals surface area contributed by atoms with E-state index in [-0.39, 0.29) is 36.8 Å². The van der Waals surface area contributed by atoms with Crippen molar-refractivity contribution in [2.75, 3.05) is 24.7 Å². The Balaban J connectivity index is 2.16. The zero-order valence-corrected chi connectivity index (χ0v) is 17.7. The highest BCUT2D eigenvalue weighted by atomic mass is 79.9. The van der Waals surface area contributed by atoms with E-state index >= 15 is 0 Å². The number of carbonyl (C=O) groups excluding carboxylic acids is 2. The maximum atomic E-state index is 12.9. The van der Waals surface area contributed by atoms with Crippen molar-refractivity contribution in [1.82, 2.24) is 4.98 Å². The molecule has 3 heterocycles. The van der Waals surface area contributed by atoms with Gasteiger partial charge in [-0.15, -0.1) is 0 Å². The molecule has 0 radical (unpaired) electrons. The Morgan fingerprint density at radius 2 is 2.04 bits per heavy atom. The standard InChI is InChI=1S/C19H23BrN2O6/c1-4-13-8-12(10-27-13)22(19(24)26-6-3)15-14-7-11(20)9-21-17(14)28-16(15)18(23)25-5-2/h7,9,12-13H,4-6,8,10H2,1-3H3/t12-,13+/m0/s1. The fourth-order valence-electron chi connectivity index (χ4n) is 3.29. The lowest BCUT2D eigenvalue weighted by atomic mass is 10.1. The number of hydrogen-bond donors (Lipinski definition) is 0. The Morgan fingerprint density at radius 1 is 1.29 bits per heavy atom. The number of hydrogen-bond acceptors (Lipinski definition) is 7. The predicted octanol–water partition coefficient (Wildman–Crippen LogP) is 4.30. The van der Waals surface area contributed by atoms with Crippen LogP contribution in [0, 0.1) is 0 Å². The number of ether oxygens (including phenoxy) is 3. The third-order valence-electron chi connectivity index (χ3n) is 4.53. The third-order valence-corrected chi connectivity index (χ3v) is 4.97. The van der Waals surface area contributed by atoms with Crippen molar-refractivity contribution in [2.24, 2.45) is 0 Å². The monoisotopic (exact) mass is 454 g/mol. The first-order valence-electron chi connectivity index (χ1n) is 9.32. The molecule has 9 heteroatoms. The summed E-state index contributed by atoms with van der Waals surface area (Å²) in [7, 11) is 0. The Morgan fingerprint density at radius 3 is 2.68 bits per heavy atom. The molecule has 1 saturated heterocycles. The quantitative estimate of drug-likeness (QED) is 0.600. The summed E-state index contributed by atoms with van der Waals surface area (Å²) in [4.78, 5) is 31.2. The zero-order chi connectivity index (χ0) is 20.3. The van der Waals surface area contributed by atoms with E-state index in [2.05, 4.69) is 20.9 Å². The Hall–Kier alpha value is -2.13. The van der Waals surface area contributed by atoms with Gasteiger partial charge in [-0.25, -0.2) is 14.6 Å². The first-order valence-corrected chi connectivity index (χ1v) is 10.1. The van der Waals surface area contributed by atoms with Crippen molar-refractivity contribution in [3.63, 3.8) is 0 Å². The van der Waals surface area contributed by atoms with Crippen LogP contribution in [0.2, 0.25) is 0 Å². The summed E-state index contributed by atoms with van der Waals surface area (Å²) in [6, 6.07) is 1.46. The summed E-state index contributed by atoms with van der Waals surface area (Å²) in [6.45, 7) is 6.18. The second-order valence-electron chi connectivity index (χ2n) is 6.33. The number of rotatable bonds is 6. The van der Waals surface area contributed by atoms with Crippen LogP contribution in [0.25, 0.3) is 11.1 Å². The number of amides is 1. The van der Waals surface area contributed by atoms with Crippen LogP contribution < -0.4 is 4.90 Å². The number of anilines is 1. The molecule has 8 nitrogen and oxygen atoms in total. The van der Waals surface area contributed by atoms with E-state index in [1.165, 1.54) is 4.90 Å². The summed E-state index contributed by atoms with van der Waals surface area (Å²) in [5.74, 6) is -0.734. The van der Waals surface area contributed by atoms with Crippen molar-refractivity contribution in [1.29, 1.82) is 0 Å². The maximum absolute atomic E-state index is 12.9. The maximum Gasteiger partial charge on any atom is 0.414 e. The van der Waals surface area contributed by atoms with E-state index in [1.54, 1.807) is 26.1 Å². The molecular weight excluding hydrogens is 432 g/mol. The van der Waals surface area contributed by atoms with Gasteiger partial charge in [0.25, 0.3) is 0 Å². The fraction of sp³-hybridized carbons (Fsp3) is 0.526. The summed E-state index contributed by atoms with van der Waals surface area (Å²) < 4.78 is 22.6. The van der Waals surface area contributed by atoms with Crippen molar-refractivity contribution in [2.45, 2.75) is 45.8 Å². The van der Waals surface area contributed by atoms with Crippen molar-refractivity contribution >= 4 is 44.8 Å². The van der Waals surface area contributed by atoms with Gasteiger partial charge in [0, 0.05) is 10.7 Å². The Labute approximate surface area is 171 Å². The van der Waals surface area contributed by atoms with Gasteiger partial charge in [-0.1, -0.05) is 6.92 Å². The summed E-state index contributed by atoms with van der Waals surface area (Å²) >= 11 is 3.39. The molecule has 1 amide bonds. The number of pyridine rings is 1. The molecule has 0 aromatic carbocycles. The highest BCUT2D eigenvalue weighted by Gasteiger charge is 2.39. The predicted molar refractivity (Wildman–Crippen MR) is 106 cm³/mol. The van der Waals surface area contributed by atoms with E-state index in [4.69, 9.17) is 18.6 Å².